The first kappa shape index (κ1) is 28.9. The van der Waals surface area contributed by atoms with Gasteiger partial charge in [0.15, 0.2) is 0 Å². The highest BCUT2D eigenvalue weighted by Gasteiger charge is 2.15. The summed E-state index contributed by atoms with van der Waals surface area (Å²) in [4.78, 5) is 23.2. The van der Waals surface area contributed by atoms with Gasteiger partial charge in [0.1, 0.15) is 23.4 Å². The second-order valence-electron chi connectivity index (χ2n) is 10.5. The number of rotatable bonds is 14. The van der Waals surface area contributed by atoms with E-state index in [2.05, 4.69) is 60.8 Å². The molecule has 0 radical (unpaired) electrons. The molecule has 0 unspecified atom stereocenters. The quantitative estimate of drug-likeness (QED) is 0.0841. The first-order chi connectivity index (χ1) is 20.6. The third-order valence-corrected chi connectivity index (χ3v) is 7.44. The second-order valence-corrected chi connectivity index (χ2v) is 10.5. The van der Waals surface area contributed by atoms with Gasteiger partial charge in [-0.25, -0.2) is 0 Å². The summed E-state index contributed by atoms with van der Waals surface area (Å²) < 4.78 is 12.3. The number of amides is 1. The van der Waals surface area contributed by atoms with Crippen molar-refractivity contribution >= 4 is 28.8 Å². The number of hydrogen-bond acceptors (Lipinski definition) is 4. The number of para-hydroxylation sites is 1. The minimum atomic E-state index is -0.363. The number of nitrogens with one attached hydrogen (secondary N) is 1. The second kappa shape index (κ2) is 14.3. The first-order valence-corrected chi connectivity index (χ1v) is 14.8. The Morgan fingerprint density at radius 2 is 1.60 bits per heavy atom. The molecule has 0 saturated heterocycles. The Hall–Kier alpha value is -4.64. The van der Waals surface area contributed by atoms with E-state index in [0.717, 1.165) is 61.0 Å². The lowest BCUT2D eigenvalue weighted by Gasteiger charge is -2.14. The van der Waals surface area contributed by atoms with Crippen LogP contribution in [0.5, 0.6) is 5.75 Å². The van der Waals surface area contributed by atoms with Gasteiger partial charge in [-0.3, -0.25) is 4.79 Å². The van der Waals surface area contributed by atoms with Crippen molar-refractivity contribution in [2.24, 2.45) is 0 Å². The summed E-state index contributed by atoms with van der Waals surface area (Å²) in [7, 11) is 0. The van der Waals surface area contributed by atoms with E-state index in [9.17, 15) is 9.59 Å². The van der Waals surface area contributed by atoms with Crippen LogP contribution in [0.15, 0.2) is 101 Å². The molecule has 1 aromatic heterocycles. The van der Waals surface area contributed by atoms with Gasteiger partial charge in [0.25, 0.3) is 0 Å². The van der Waals surface area contributed by atoms with Crippen molar-refractivity contribution in [3.63, 3.8) is 0 Å². The number of anilines is 1. The van der Waals surface area contributed by atoms with E-state index in [4.69, 9.17) is 9.15 Å². The summed E-state index contributed by atoms with van der Waals surface area (Å²) in [5, 5.41) is 4.04. The monoisotopic (exact) mass is 559 g/mol. The molecule has 0 aliphatic carbocycles. The number of aldehydes is 1. The van der Waals surface area contributed by atoms with E-state index in [1.807, 2.05) is 48.5 Å². The molecular formula is C37H37NO4. The van der Waals surface area contributed by atoms with Gasteiger partial charge in [0.2, 0.25) is 5.91 Å². The minimum Gasteiger partial charge on any atom is -0.491 e. The summed E-state index contributed by atoms with van der Waals surface area (Å²) in [5.74, 6) is 1.31. The van der Waals surface area contributed by atoms with Crippen molar-refractivity contribution in [2.45, 2.75) is 51.9 Å². The van der Waals surface area contributed by atoms with Crippen LogP contribution in [0.4, 0.5) is 5.69 Å². The molecule has 5 rings (SSSR count). The Kier molecular flexibility index (Phi) is 9.84. The molecule has 4 aromatic carbocycles. The maximum atomic E-state index is 12.3. The number of unbranched alkanes of at least 4 members (excludes halogenated alkanes) is 1. The number of benzene rings is 4. The van der Waals surface area contributed by atoms with E-state index in [1.54, 1.807) is 0 Å². The van der Waals surface area contributed by atoms with Crippen LogP contribution in [0.3, 0.4) is 0 Å². The highest BCUT2D eigenvalue weighted by atomic mass is 16.5. The van der Waals surface area contributed by atoms with Gasteiger partial charge in [-0.1, -0.05) is 92.2 Å². The SMILES string of the molecule is CCCCc1oc2ccccc2c1Cc1ccc(-c2ccc(OCCCc3ccccc3)c(NC(=O)CC=O)c2)cc1. The molecule has 0 saturated carbocycles. The van der Waals surface area contributed by atoms with Gasteiger partial charge in [0, 0.05) is 23.8 Å². The standard InChI is InChI=1S/C37H37NO4/c1-2-3-14-35-32(31-13-7-8-15-34(31)42-35)25-28-16-18-29(19-17-28)30-20-21-36(33(26-30)38-37(40)22-23-39)41-24-9-12-27-10-5-4-6-11-27/h4-8,10-11,13,15-21,23,26H,2-3,9,12,14,22,24-25H2,1H3,(H,38,40). The Labute approximate surface area is 247 Å². The summed E-state index contributed by atoms with van der Waals surface area (Å²) in [6, 6.07) is 32.9. The largest absolute Gasteiger partial charge is 0.491 e. The Morgan fingerprint density at radius 3 is 2.38 bits per heavy atom. The summed E-state index contributed by atoms with van der Waals surface area (Å²) >= 11 is 0. The van der Waals surface area contributed by atoms with Crippen molar-refractivity contribution in [3.05, 3.63) is 120 Å². The topological polar surface area (TPSA) is 68.5 Å². The van der Waals surface area contributed by atoms with Crippen molar-refractivity contribution in [2.75, 3.05) is 11.9 Å². The van der Waals surface area contributed by atoms with Gasteiger partial charge in [0.05, 0.1) is 18.7 Å². The van der Waals surface area contributed by atoms with Gasteiger partial charge >= 0.3 is 0 Å². The summed E-state index contributed by atoms with van der Waals surface area (Å²) in [6.45, 7) is 2.72. The molecule has 0 spiro atoms. The Balaban J connectivity index is 1.32. The molecule has 5 nitrogen and oxygen atoms in total. The fourth-order valence-electron chi connectivity index (χ4n) is 5.21. The minimum absolute atomic E-state index is 0.199. The molecule has 5 aromatic rings. The third-order valence-electron chi connectivity index (χ3n) is 7.44. The number of furan rings is 1. The van der Waals surface area contributed by atoms with Crippen molar-refractivity contribution < 1.29 is 18.7 Å². The van der Waals surface area contributed by atoms with Crippen LogP contribution in [0.25, 0.3) is 22.1 Å². The molecule has 0 fully saturated rings. The number of ether oxygens (including phenoxy) is 1. The van der Waals surface area contributed by atoms with Gasteiger partial charge < -0.3 is 19.3 Å². The maximum Gasteiger partial charge on any atom is 0.231 e. The van der Waals surface area contributed by atoms with Gasteiger partial charge in [-0.15, -0.1) is 0 Å². The first-order valence-electron chi connectivity index (χ1n) is 14.8. The molecule has 0 bridgehead atoms. The molecule has 1 amide bonds. The lowest BCUT2D eigenvalue weighted by atomic mass is 9.97. The van der Waals surface area contributed by atoms with Crippen molar-refractivity contribution in [1.82, 2.24) is 0 Å². The van der Waals surface area contributed by atoms with Crippen LogP contribution in [-0.2, 0) is 28.9 Å². The number of aryl methyl sites for hydroxylation is 2. The number of fused-ring (bicyclic) bond motifs is 1. The van der Waals surface area contributed by atoms with Crippen LogP contribution < -0.4 is 10.1 Å². The zero-order valence-electron chi connectivity index (χ0n) is 24.1. The molecule has 0 aliphatic rings. The molecule has 0 atom stereocenters. The smallest absolute Gasteiger partial charge is 0.231 e. The number of carbonyl (C=O) groups is 2. The normalized spacial score (nSPS) is 11.0. The Bertz CT molecular complexity index is 1620. The number of hydrogen-bond donors (Lipinski definition) is 1. The van der Waals surface area contributed by atoms with E-state index in [1.165, 1.54) is 22.1 Å². The maximum absolute atomic E-state index is 12.3. The predicted molar refractivity (Wildman–Crippen MR) is 169 cm³/mol. The fraction of sp³-hybridized carbons (Fsp3) is 0.243. The summed E-state index contributed by atoms with van der Waals surface area (Å²) in [5.41, 5.74) is 7.23. The van der Waals surface area contributed by atoms with E-state index in [0.29, 0.717) is 24.3 Å². The molecule has 214 valence electrons. The van der Waals surface area contributed by atoms with E-state index in [-0.39, 0.29) is 12.3 Å². The fourth-order valence-corrected chi connectivity index (χ4v) is 5.21. The van der Waals surface area contributed by atoms with E-state index < -0.39 is 0 Å². The van der Waals surface area contributed by atoms with Crippen molar-refractivity contribution in [1.29, 1.82) is 0 Å². The molecule has 1 heterocycles. The molecule has 1 N–H and O–H groups in total. The third kappa shape index (κ3) is 7.35. The zero-order valence-corrected chi connectivity index (χ0v) is 24.1. The molecule has 0 aliphatic heterocycles. The van der Waals surface area contributed by atoms with Gasteiger partial charge in [-0.05, 0) is 59.7 Å². The highest BCUT2D eigenvalue weighted by molar-refractivity contribution is 5.99. The molecule has 5 heteroatoms. The zero-order chi connectivity index (χ0) is 29.1. The average Bonchev–Trinajstić information content (AvgIpc) is 3.36. The van der Waals surface area contributed by atoms with Crippen LogP contribution >= 0.6 is 0 Å². The van der Waals surface area contributed by atoms with E-state index >= 15 is 0 Å². The number of carbonyl (C=O) groups excluding carboxylic acids is 2. The Morgan fingerprint density at radius 1 is 0.833 bits per heavy atom. The molecular weight excluding hydrogens is 522 g/mol. The average molecular weight is 560 g/mol. The highest BCUT2D eigenvalue weighted by Crippen LogP contribution is 2.33. The lowest BCUT2D eigenvalue weighted by molar-refractivity contribution is -0.120. The van der Waals surface area contributed by atoms with Crippen LogP contribution in [0, 0.1) is 0 Å². The van der Waals surface area contributed by atoms with Crippen molar-refractivity contribution in [3.8, 4) is 16.9 Å². The van der Waals surface area contributed by atoms with Crippen LogP contribution in [-0.4, -0.2) is 18.8 Å². The van der Waals surface area contributed by atoms with Gasteiger partial charge in [-0.2, -0.15) is 0 Å². The summed E-state index contributed by atoms with van der Waals surface area (Å²) in [6.07, 6.45) is 6.14. The van der Waals surface area contributed by atoms with Crippen LogP contribution in [0.2, 0.25) is 0 Å². The molecule has 42 heavy (non-hydrogen) atoms. The predicted octanol–water partition coefficient (Wildman–Crippen LogP) is 8.57. The van der Waals surface area contributed by atoms with Crippen LogP contribution in [0.1, 0.15) is 55.1 Å². The lowest BCUT2D eigenvalue weighted by Crippen LogP contribution is -2.13.